The van der Waals surface area contributed by atoms with Crippen LogP contribution in [0.5, 0.6) is 0 Å². The van der Waals surface area contributed by atoms with E-state index in [1.807, 2.05) is 22.9 Å². The lowest BCUT2D eigenvalue weighted by Gasteiger charge is -2.30. The Morgan fingerprint density at radius 3 is 2.35 bits per heavy atom. The molecule has 0 aliphatic rings. The normalized spacial score (nSPS) is 12.1. The monoisotopic (exact) mass is 311 g/mol. The molecule has 0 saturated heterocycles. The maximum Gasteiger partial charge on any atom is 0.138 e. The molecule has 0 bridgehead atoms. The Morgan fingerprint density at radius 1 is 1.15 bits per heavy atom. The van der Waals surface area contributed by atoms with Crippen molar-refractivity contribution in [2.45, 2.75) is 31.7 Å². The Balaban J connectivity index is 2.37. The van der Waals surface area contributed by atoms with Crippen molar-refractivity contribution in [3.63, 3.8) is 0 Å². The third-order valence-electron chi connectivity index (χ3n) is 3.53. The Hall–Kier alpha value is -1.06. The molecule has 2 aromatic rings. The van der Waals surface area contributed by atoms with Gasteiger partial charge in [-0.05, 0) is 19.4 Å². The van der Waals surface area contributed by atoms with Crippen molar-refractivity contribution in [2.24, 2.45) is 0 Å². The summed E-state index contributed by atoms with van der Waals surface area (Å²) < 4.78 is 1.93. The molecular formula is C15H19Cl2N3. The fourth-order valence-corrected chi connectivity index (χ4v) is 3.10. The van der Waals surface area contributed by atoms with Crippen molar-refractivity contribution < 1.29 is 0 Å². The molecule has 0 amide bonds. The van der Waals surface area contributed by atoms with Gasteiger partial charge in [-0.2, -0.15) is 5.10 Å². The first-order chi connectivity index (χ1) is 9.63. The number of rotatable bonds is 6. The molecule has 0 N–H and O–H groups in total. The minimum atomic E-state index is -0.315. The zero-order chi connectivity index (χ0) is 14.6. The second-order valence-corrected chi connectivity index (χ2v) is 5.84. The van der Waals surface area contributed by atoms with Gasteiger partial charge in [0.15, 0.2) is 0 Å². The molecule has 0 spiro atoms. The Kier molecular flexibility index (Phi) is 5.06. The first-order valence-electron chi connectivity index (χ1n) is 6.69. The highest BCUT2D eigenvalue weighted by atomic mass is 35.5. The van der Waals surface area contributed by atoms with Crippen LogP contribution in [-0.2, 0) is 11.8 Å². The van der Waals surface area contributed by atoms with E-state index in [2.05, 4.69) is 36.1 Å². The number of hydrogen-bond acceptors (Lipinski definition) is 2. The summed E-state index contributed by atoms with van der Waals surface area (Å²) in [5, 5.41) is 4.28. The standard InChI is InChI=1S/C15H19Cl2N3/c1-12(2)20-14(18-11-19-20)8-15(9-16,10-17)13-6-4-3-5-7-13/h3-7,11-12H,8-10H2,1-2H3. The van der Waals surface area contributed by atoms with Crippen LogP contribution in [0.1, 0.15) is 31.3 Å². The molecule has 1 heterocycles. The molecule has 0 aliphatic carbocycles. The van der Waals surface area contributed by atoms with Gasteiger partial charge in [-0.25, -0.2) is 9.67 Å². The third kappa shape index (κ3) is 2.99. The number of nitrogens with zero attached hydrogens (tertiary/aromatic N) is 3. The largest absolute Gasteiger partial charge is 0.248 e. The highest BCUT2D eigenvalue weighted by molar-refractivity contribution is 6.22. The molecule has 3 nitrogen and oxygen atoms in total. The van der Waals surface area contributed by atoms with E-state index in [4.69, 9.17) is 23.2 Å². The highest BCUT2D eigenvalue weighted by Gasteiger charge is 2.33. The first-order valence-corrected chi connectivity index (χ1v) is 7.75. The Morgan fingerprint density at radius 2 is 1.80 bits per heavy atom. The van der Waals surface area contributed by atoms with Crippen molar-refractivity contribution >= 4 is 23.2 Å². The van der Waals surface area contributed by atoms with E-state index in [0.717, 1.165) is 11.4 Å². The molecule has 1 aromatic heterocycles. The van der Waals surface area contributed by atoms with Crippen LogP contribution in [0.25, 0.3) is 0 Å². The maximum atomic E-state index is 6.27. The minimum absolute atomic E-state index is 0.270. The Bertz CT molecular complexity index is 533. The van der Waals surface area contributed by atoms with E-state index >= 15 is 0 Å². The zero-order valence-corrected chi connectivity index (χ0v) is 13.3. The van der Waals surface area contributed by atoms with Crippen molar-refractivity contribution in [1.82, 2.24) is 14.8 Å². The average molecular weight is 312 g/mol. The second kappa shape index (κ2) is 6.59. The van der Waals surface area contributed by atoms with Gasteiger partial charge < -0.3 is 0 Å². The molecule has 2 rings (SSSR count). The van der Waals surface area contributed by atoms with Crippen LogP contribution in [0, 0.1) is 0 Å². The van der Waals surface area contributed by atoms with Gasteiger partial charge in [-0.1, -0.05) is 30.3 Å². The minimum Gasteiger partial charge on any atom is -0.248 e. The predicted molar refractivity (Wildman–Crippen MR) is 83.7 cm³/mol. The summed E-state index contributed by atoms with van der Waals surface area (Å²) in [7, 11) is 0. The molecule has 1 aromatic carbocycles. The van der Waals surface area contributed by atoms with Crippen LogP contribution in [-0.4, -0.2) is 26.5 Å². The van der Waals surface area contributed by atoms with Crippen LogP contribution < -0.4 is 0 Å². The van der Waals surface area contributed by atoms with E-state index in [9.17, 15) is 0 Å². The van der Waals surface area contributed by atoms with Crippen LogP contribution in [0.15, 0.2) is 36.7 Å². The summed E-state index contributed by atoms with van der Waals surface area (Å²) in [4.78, 5) is 4.38. The van der Waals surface area contributed by atoms with Crippen LogP contribution in [0.4, 0.5) is 0 Å². The molecule has 5 heteroatoms. The quantitative estimate of drug-likeness (QED) is 0.759. The smallest absolute Gasteiger partial charge is 0.138 e. The molecule has 0 aliphatic heterocycles. The fourth-order valence-electron chi connectivity index (χ4n) is 2.31. The topological polar surface area (TPSA) is 30.7 Å². The average Bonchev–Trinajstić information content (AvgIpc) is 2.94. The molecule has 20 heavy (non-hydrogen) atoms. The lowest BCUT2D eigenvalue weighted by atomic mass is 9.81. The predicted octanol–water partition coefficient (Wildman–Crippen LogP) is 3.82. The lowest BCUT2D eigenvalue weighted by Crippen LogP contribution is -2.34. The van der Waals surface area contributed by atoms with Crippen molar-refractivity contribution in [1.29, 1.82) is 0 Å². The summed E-state index contributed by atoms with van der Waals surface area (Å²) in [6.07, 6.45) is 2.27. The fraction of sp³-hybridized carbons (Fsp3) is 0.467. The molecule has 108 valence electrons. The van der Waals surface area contributed by atoms with Gasteiger partial charge in [0.1, 0.15) is 12.2 Å². The van der Waals surface area contributed by atoms with Gasteiger partial charge in [-0.15, -0.1) is 23.2 Å². The summed E-state index contributed by atoms with van der Waals surface area (Å²) in [5.41, 5.74) is 0.827. The van der Waals surface area contributed by atoms with E-state index in [1.165, 1.54) is 0 Å². The number of aromatic nitrogens is 3. The second-order valence-electron chi connectivity index (χ2n) is 5.30. The maximum absolute atomic E-state index is 6.27. The van der Waals surface area contributed by atoms with E-state index < -0.39 is 0 Å². The van der Waals surface area contributed by atoms with Gasteiger partial charge in [0.25, 0.3) is 0 Å². The van der Waals surface area contributed by atoms with E-state index in [1.54, 1.807) is 6.33 Å². The van der Waals surface area contributed by atoms with Gasteiger partial charge in [-0.3, -0.25) is 0 Å². The SMILES string of the molecule is CC(C)n1ncnc1CC(CCl)(CCl)c1ccccc1. The third-order valence-corrected chi connectivity index (χ3v) is 4.55. The summed E-state index contributed by atoms with van der Waals surface area (Å²) in [5.74, 6) is 1.82. The van der Waals surface area contributed by atoms with E-state index in [0.29, 0.717) is 18.2 Å². The van der Waals surface area contributed by atoms with Gasteiger partial charge in [0.2, 0.25) is 0 Å². The van der Waals surface area contributed by atoms with Crippen LogP contribution in [0.2, 0.25) is 0 Å². The molecular weight excluding hydrogens is 293 g/mol. The number of alkyl halides is 2. The molecule has 0 saturated carbocycles. The number of halogens is 2. The van der Waals surface area contributed by atoms with Gasteiger partial charge in [0, 0.05) is 29.6 Å². The molecule has 0 fully saturated rings. The number of hydrogen-bond donors (Lipinski definition) is 0. The molecule has 0 radical (unpaired) electrons. The Labute approximate surface area is 129 Å². The molecule has 0 atom stereocenters. The van der Waals surface area contributed by atoms with Gasteiger partial charge >= 0.3 is 0 Å². The number of benzene rings is 1. The van der Waals surface area contributed by atoms with Crippen molar-refractivity contribution in [3.8, 4) is 0 Å². The van der Waals surface area contributed by atoms with Crippen molar-refractivity contribution in [2.75, 3.05) is 11.8 Å². The van der Waals surface area contributed by atoms with E-state index in [-0.39, 0.29) is 11.5 Å². The lowest BCUT2D eigenvalue weighted by molar-refractivity contribution is 0.454. The molecule has 0 unspecified atom stereocenters. The first kappa shape index (κ1) is 15.3. The summed E-state index contributed by atoms with van der Waals surface area (Å²) in [6, 6.07) is 10.4. The highest BCUT2D eigenvalue weighted by Crippen LogP contribution is 2.31. The summed E-state index contributed by atoms with van der Waals surface area (Å²) >= 11 is 12.5. The van der Waals surface area contributed by atoms with Crippen molar-refractivity contribution in [3.05, 3.63) is 48.0 Å². The van der Waals surface area contributed by atoms with Crippen LogP contribution >= 0.6 is 23.2 Å². The summed E-state index contributed by atoms with van der Waals surface area (Å²) in [6.45, 7) is 4.17. The van der Waals surface area contributed by atoms with Crippen LogP contribution in [0.3, 0.4) is 0 Å². The zero-order valence-electron chi connectivity index (χ0n) is 11.8. The van der Waals surface area contributed by atoms with Gasteiger partial charge in [0.05, 0.1) is 0 Å².